The molecule has 12 heteroatoms. The van der Waals surface area contributed by atoms with Gasteiger partial charge in [0, 0.05) is 27.5 Å². The molecule has 2 rings (SSSR count). The third-order valence-electron chi connectivity index (χ3n) is 3.86. The van der Waals surface area contributed by atoms with E-state index in [9.17, 15) is 10.1 Å². The summed E-state index contributed by atoms with van der Waals surface area (Å²) in [4.78, 5) is 21.3. The largest absolute Gasteiger partial charge is 0.394 e. The Morgan fingerprint density at radius 2 is 2.06 bits per heavy atom. The van der Waals surface area contributed by atoms with Gasteiger partial charge in [-0.3, -0.25) is 15.1 Å². The Kier molecular flexibility index (Phi) is 9.04. The number of hydrazine groups is 1. The van der Waals surface area contributed by atoms with Gasteiger partial charge >= 0.3 is 6.19 Å². The molecule has 0 aliphatic heterocycles. The average molecular weight is 465 g/mol. The van der Waals surface area contributed by atoms with Crippen molar-refractivity contribution >= 4 is 41.6 Å². The number of hydrazone groups is 1. The van der Waals surface area contributed by atoms with Gasteiger partial charge in [-0.15, -0.1) is 9.32 Å². The molecule has 0 saturated carbocycles. The van der Waals surface area contributed by atoms with Crippen LogP contribution in [0.3, 0.4) is 0 Å². The molecule has 0 bridgehead atoms. The predicted molar refractivity (Wildman–Crippen MR) is 117 cm³/mol. The third-order valence-corrected chi connectivity index (χ3v) is 4.67. The molecule has 1 heterocycles. The Bertz CT molecular complexity index is 958. The molecule has 1 aromatic carbocycles. The number of benzene rings is 1. The van der Waals surface area contributed by atoms with Crippen molar-refractivity contribution in [3.05, 3.63) is 53.3 Å². The molecule has 10 nitrogen and oxygen atoms in total. The topological polar surface area (TPSA) is 137 Å². The molecule has 0 saturated heterocycles. The first-order chi connectivity index (χ1) is 14.7. The highest BCUT2D eigenvalue weighted by Gasteiger charge is 2.28. The number of halogens is 1. The summed E-state index contributed by atoms with van der Waals surface area (Å²) < 4.78 is 5.72. The fourth-order valence-electron chi connectivity index (χ4n) is 2.28. The van der Waals surface area contributed by atoms with Crippen molar-refractivity contribution in [2.45, 2.75) is 31.8 Å². The molecule has 164 valence electrons. The lowest BCUT2D eigenvalue weighted by atomic mass is 9.92. The molecule has 0 aliphatic carbocycles. The number of nitrogens with one attached hydrogen (secondary N) is 3. The van der Waals surface area contributed by atoms with Crippen LogP contribution in [0, 0.1) is 16.9 Å². The van der Waals surface area contributed by atoms with Crippen molar-refractivity contribution in [1.29, 1.82) is 5.26 Å². The number of rotatable bonds is 9. The highest BCUT2D eigenvalue weighted by molar-refractivity contribution is 7.94. The molecule has 31 heavy (non-hydrogen) atoms. The van der Waals surface area contributed by atoms with E-state index >= 15 is 0 Å². The summed E-state index contributed by atoms with van der Waals surface area (Å²) in [5, 5.41) is 16.0. The van der Waals surface area contributed by atoms with Gasteiger partial charge in [-0.1, -0.05) is 37.1 Å². The van der Waals surface area contributed by atoms with E-state index in [1.165, 1.54) is 18.7 Å². The lowest BCUT2D eigenvalue weighted by molar-refractivity contribution is -0.400. The van der Waals surface area contributed by atoms with Gasteiger partial charge in [-0.2, -0.15) is 5.90 Å². The Morgan fingerprint density at radius 1 is 1.35 bits per heavy atom. The van der Waals surface area contributed by atoms with Crippen molar-refractivity contribution < 1.29 is 18.8 Å². The number of carbonyl (C=O) groups excluding carboxylic acids is 1. The highest BCUT2D eigenvalue weighted by atomic mass is 35.5. The molecular formula is C19H23ClN7O3S+. The highest BCUT2D eigenvalue weighted by Crippen LogP contribution is 2.21. The van der Waals surface area contributed by atoms with Gasteiger partial charge in [0.15, 0.2) is 0 Å². The summed E-state index contributed by atoms with van der Waals surface area (Å²) in [7, 11) is 0. The minimum absolute atomic E-state index is 0.273. The van der Waals surface area contributed by atoms with Crippen LogP contribution >= 0.6 is 23.6 Å². The zero-order valence-electron chi connectivity index (χ0n) is 17.1. The quantitative estimate of drug-likeness (QED) is 0.0507. The van der Waals surface area contributed by atoms with Gasteiger partial charge in [0.1, 0.15) is 6.17 Å². The Labute approximate surface area is 189 Å². The van der Waals surface area contributed by atoms with Crippen LogP contribution < -0.4 is 22.0 Å². The Balaban J connectivity index is 2.10. The first-order valence-electron chi connectivity index (χ1n) is 8.99. The van der Waals surface area contributed by atoms with E-state index in [-0.39, 0.29) is 11.3 Å². The summed E-state index contributed by atoms with van der Waals surface area (Å²) in [6, 6.07) is 8.25. The molecule has 1 unspecified atom stereocenters. The smallest absolute Gasteiger partial charge is 0.319 e. The number of carbonyl (C=O) groups is 1. The number of nitrogens with zero attached hydrogens (tertiary/aromatic N) is 3. The van der Waals surface area contributed by atoms with Crippen LogP contribution in [0.15, 0.2) is 47.6 Å². The van der Waals surface area contributed by atoms with Crippen molar-refractivity contribution in [1.82, 2.24) is 15.6 Å². The number of pyridine rings is 1. The van der Waals surface area contributed by atoms with Crippen LogP contribution in [0.25, 0.3) is 0 Å². The summed E-state index contributed by atoms with van der Waals surface area (Å²) >= 11 is 6.74. The maximum Gasteiger partial charge on any atom is 0.394 e. The third kappa shape index (κ3) is 8.05. The standard InChI is InChI=1S/C19H22ClN7O3S/c1-19(2,3)18(25-17(28)13-4-6-14(20)7-5-13)24-12-27(11-21)26-15-8-16(10-23-9-15)31-30-29-22/h4-10,12,18,26H,22H2,1-3H3,(H,25,28)/p+1. The van der Waals surface area contributed by atoms with Crippen molar-refractivity contribution in [3.8, 4) is 6.19 Å². The lowest BCUT2D eigenvalue weighted by Gasteiger charge is -2.29. The van der Waals surface area contributed by atoms with Crippen molar-refractivity contribution in [3.63, 3.8) is 0 Å². The van der Waals surface area contributed by atoms with Crippen LogP contribution in [-0.2, 0) is 9.32 Å². The molecular weight excluding hydrogens is 442 g/mol. The molecule has 1 amide bonds. The molecule has 1 atom stereocenters. The summed E-state index contributed by atoms with van der Waals surface area (Å²) in [6.45, 7) is 5.86. The molecule has 5 N–H and O–H groups in total. The van der Waals surface area contributed by atoms with E-state index in [0.717, 1.165) is 16.7 Å². The monoisotopic (exact) mass is 464 g/mol. The fraction of sp³-hybridized carbons (Fsp3) is 0.263. The number of amides is 1. The van der Waals surface area contributed by atoms with Gasteiger partial charge in [0.2, 0.25) is 6.34 Å². The van der Waals surface area contributed by atoms with Crippen molar-refractivity contribution in [2.24, 2.45) is 11.3 Å². The second-order valence-electron chi connectivity index (χ2n) is 7.31. The SMILES string of the molecule is CC(C)(C)C(NC=[N+](C#N)Nc1cncc(SOON)c1)NC(=O)c1ccc(Cl)cc1. The number of hydrogen-bond acceptors (Lipinski definition) is 8. The van der Waals surface area contributed by atoms with Crippen LogP contribution in [0.2, 0.25) is 5.02 Å². The van der Waals surface area contributed by atoms with Crippen LogP contribution in [0.4, 0.5) is 5.69 Å². The predicted octanol–water partition coefficient (Wildman–Crippen LogP) is 2.80. The second kappa shape index (κ2) is 11.5. The van der Waals surface area contributed by atoms with E-state index in [1.807, 2.05) is 27.0 Å². The van der Waals surface area contributed by atoms with Gasteiger partial charge < -0.3 is 5.32 Å². The number of nitrogens with two attached hydrogens (primary N) is 1. The molecule has 2 aromatic rings. The zero-order valence-corrected chi connectivity index (χ0v) is 18.7. The van der Waals surface area contributed by atoms with Gasteiger partial charge in [0.25, 0.3) is 5.91 Å². The Hall–Kier alpha value is -2.88. The van der Waals surface area contributed by atoms with Crippen LogP contribution in [0.5, 0.6) is 0 Å². The molecule has 1 aromatic heterocycles. The number of nitriles is 1. The summed E-state index contributed by atoms with van der Waals surface area (Å²) in [6.07, 6.45) is 5.97. The zero-order chi connectivity index (χ0) is 22.9. The molecule has 0 radical (unpaired) electrons. The van der Waals surface area contributed by atoms with E-state index in [4.69, 9.17) is 17.5 Å². The van der Waals surface area contributed by atoms with E-state index in [2.05, 4.69) is 30.4 Å². The molecule has 0 aliphatic rings. The van der Waals surface area contributed by atoms with E-state index < -0.39 is 6.17 Å². The lowest BCUT2D eigenvalue weighted by Crippen LogP contribution is -2.53. The maximum atomic E-state index is 12.6. The minimum Gasteiger partial charge on any atom is -0.319 e. The molecule has 0 fully saturated rings. The number of anilines is 1. The summed E-state index contributed by atoms with van der Waals surface area (Å²) in [5.74, 6) is 4.55. The van der Waals surface area contributed by atoms with E-state index in [1.54, 1.807) is 30.3 Å². The van der Waals surface area contributed by atoms with Gasteiger partial charge in [-0.05, 0) is 30.3 Å². The Morgan fingerprint density at radius 3 is 2.68 bits per heavy atom. The average Bonchev–Trinajstić information content (AvgIpc) is 2.74. The van der Waals surface area contributed by atoms with E-state index in [0.29, 0.717) is 21.2 Å². The van der Waals surface area contributed by atoms with Crippen LogP contribution in [-0.4, -0.2) is 28.1 Å². The van der Waals surface area contributed by atoms with Gasteiger partial charge in [0.05, 0.1) is 28.8 Å². The van der Waals surface area contributed by atoms with Crippen LogP contribution in [0.1, 0.15) is 31.1 Å². The van der Waals surface area contributed by atoms with Crippen molar-refractivity contribution in [2.75, 3.05) is 5.43 Å². The minimum atomic E-state index is -0.483. The number of hydrogen-bond donors (Lipinski definition) is 4. The maximum absolute atomic E-state index is 12.6. The first kappa shape index (κ1) is 24.4. The normalized spacial score (nSPS) is 12.6. The first-order valence-corrected chi connectivity index (χ1v) is 10.1. The number of aromatic nitrogens is 1. The van der Waals surface area contributed by atoms with Gasteiger partial charge in [-0.25, -0.2) is 5.43 Å². The second-order valence-corrected chi connectivity index (χ2v) is 8.52. The molecule has 0 spiro atoms. The fourth-order valence-corrected chi connectivity index (χ4v) is 2.81. The summed E-state index contributed by atoms with van der Waals surface area (Å²) in [5.41, 5.74) is 3.49.